The maximum atomic E-state index is 12.4. The van der Waals surface area contributed by atoms with E-state index in [1.807, 2.05) is 36.6 Å². The third-order valence-electron chi connectivity index (χ3n) is 4.53. The van der Waals surface area contributed by atoms with Crippen LogP contribution in [0, 0.1) is 0 Å². The quantitative estimate of drug-likeness (QED) is 0.513. The Morgan fingerprint density at radius 3 is 2.36 bits per heavy atom. The summed E-state index contributed by atoms with van der Waals surface area (Å²) < 4.78 is 11.2. The van der Waals surface area contributed by atoms with Crippen molar-refractivity contribution in [2.75, 3.05) is 24.8 Å². The number of fused-ring (bicyclic) bond motifs is 1. The highest BCUT2D eigenvalue weighted by atomic mass is 32.2. The Labute approximate surface area is 169 Å². The van der Waals surface area contributed by atoms with Gasteiger partial charge in [-0.05, 0) is 24.3 Å². The summed E-state index contributed by atoms with van der Waals surface area (Å²) in [5.41, 5.74) is 2.55. The maximum absolute atomic E-state index is 12.4. The Morgan fingerprint density at radius 1 is 1.04 bits per heavy atom. The number of carbonyl (C=O) groups is 2. The molecule has 0 saturated heterocycles. The molecular formula is C22H25NO4S. The lowest BCUT2D eigenvalue weighted by atomic mass is 10.0. The van der Waals surface area contributed by atoms with Gasteiger partial charge in [0.15, 0.2) is 17.3 Å². The van der Waals surface area contributed by atoms with E-state index >= 15 is 0 Å². The second-order valence-electron chi connectivity index (χ2n) is 6.61. The Balaban J connectivity index is 1.58. The fourth-order valence-electron chi connectivity index (χ4n) is 3.07. The van der Waals surface area contributed by atoms with E-state index in [2.05, 4.69) is 12.2 Å². The standard InChI is InChI=1S/C22H25NO4S/c1-3-4-15-5-7-16(8-6-15)18(24)9-10-22(25)23-17-13-19-20(14-21(17)28-2)27-12-11-26-19/h5-8,13-14H,3-4,9-12H2,1-2H3,(H,23,25). The van der Waals surface area contributed by atoms with E-state index in [1.54, 1.807) is 6.07 Å². The molecule has 3 rings (SSSR count). The Hall–Kier alpha value is -2.47. The highest BCUT2D eigenvalue weighted by Gasteiger charge is 2.17. The fraction of sp³-hybridized carbons (Fsp3) is 0.364. The lowest BCUT2D eigenvalue weighted by molar-refractivity contribution is -0.116. The number of aryl methyl sites for hydroxylation is 1. The van der Waals surface area contributed by atoms with E-state index in [0.29, 0.717) is 36.0 Å². The normalized spacial score (nSPS) is 12.5. The van der Waals surface area contributed by atoms with Crippen molar-refractivity contribution in [3.63, 3.8) is 0 Å². The summed E-state index contributed by atoms with van der Waals surface area (Å²) in [7, 11) is 0. The molecule has 2 aromatic rings. The van der Waals surface area contributed by atoms with E-state index in [4.69, 9.17) is 9.47 Å². The molecule has 0 unspecified atom stereocenters. The van der Waals surface area contributed by atoms with Crippen LogP contribution < -0.4 is 14.8 Å². The predicted molar refractivity (Wildman–Crippen MR) is 112 cm³/mol. The van der Waals surface area contributed by atoms with Gasteiger partial charge in [-0.2, -0.15) is 0 Å². The van der Waals surface area contributed by atoms with Crippen LogP contribution in [0.3, 0.4) is 0 Å². The van der Waals surface area contributed by atoms with Gasteiger partial charge in [0.05, 0.1) is 5.69 Å². The maximum Gasteiger partial charge on any atom is 0.224 e. The molecule has 0 radical (unpaired) electrons. The van der Waals surface area contributed by atoms with Crippen LogP contribution in [0.5, 0.6) is 11.5 Å². The number of carbonyl (C=O) groups excluding carboxylic acids is 2. The number of amides is 1. The molecule has 2 aromatic carbocycles. The number of thioether (sulfide) groups is 1. The van der Waals surface area contributed by atoms with Gasteiger partial charge in [-0.15, -0.1) is 11.8 Å². The molecule has 1 amide bonds. The first kappa shape index (κ1) is 20.3. The molecule has 0 bridgehead atoms. The van der Waals surface area contributed by atoms with Gasteiger partial charge in [-0.3, -0.25) is 9.59 Å². The van der Waals surface area contributed by atoms with Gasteiger partial charge in [-0.1, -0.05) is 37.6 Å². The van der Waals surface area contributed by atoms with E-state index in [1.165, 1.54) is 17.3 Å². The van der Waals surface area contributed by atoms with Crippen molar-refractivity contribution in [2.45, 2.75) is 37.5 Å². The summed E-state index contributed by atoms with van der Waals surface area (Å²) in [6.45, 7) is 3.14. The molecule has 0 spiro atoms. The van der Waals surface area contributed by atoms with Crippen molar-refractivity contribution in [1.29, 1.82) is 0 Å². The van der Waals surface area contributed by atoms with E-state index in [0.717, 1.165) is 17.7 Å². The van der Waals surface area contributed by atoms with Crippen LogP contribution in [0.25, 0.3) is 0 Å². The van der Waals surface area contributed by atoms with Crippen molar-refractivity contribution >= 4 is 29.1 Å². The highest BCUT2D eigenvalue weighted by molar-refractivity contribution is 7.98. The Bertz CT molecular complexity index is 848. The number of rotatable bonds is 8. The van der Waals surface area contributed by atoms with E-state index in [-0.39, 0.29) is 24.5 Å². The number of ketones is 1. The fourth-order valence-corrected chi connectivity index (χ4v) is 3.62. The zero-order chi connectivity index (χ0) is 19.9. The van der Waals surface area contributed by atoms with Crippen molar-refractivity contribution in [3.05, 3.63) is 47.5 Å². The first-order valence-electron chi connectivity index (χ1n) is 9.50. The second-order valence-corrected chi connectivity index (χ2v) is 7.46. The molecule has 6 heteroatoms. The number of ether oxygens (including phenoxy) is 2. The molecule has 1 aliphatic rings. The summed E-state index contributed by atoms with van der Waals surface area (Å²) in [6, 6.07) is 11.3. The monoisotopic (exact) mass is 399 g/mol. The second kappa shape index (κ2) is 9.64. The lowest BCUT2D eigenvalue weighted by Crippen LogP contribution is -2.17. The van der Waals surface area contributed by atoms with Gasteiger partial charge < -0.3 is 14.8 Å². The first-order valence-corrected chi connectivity index (χ1v) is 10.7. The van der Waals surface area contributed by atoms with Gasteiger partial charge in [0.25, 0.3) is 0 Å². The average Bonchev–Trinajstić information content (AvgIpc) is 2.72. The summed E-state index contributed by atoms with van der Waals surface area (Å²) in [6.07, 6.45) is 4.33. The van der Waals surface area contributed by atoms with Crippen LogP contribution >= 0.6 is 11.8 Å². The molecule has 1 N–H and O–H groups in total. The summed E-state index contributed by atoms with van der Waals surface area (Å²) >= 11 is 1.52. The van der Waals surface area contributed by atoms with Crippen LogP contribution in [0.1, 0.15) is 42.1 Å². The Morgan fingerprint density at radius 2 is 1.71 bits per heavy atom. The number of hydrogen-bond donors (Lipinski definition) is 1. The zero-order valence-electron chi connectivity index (χ0n) is 16.2. The predicted octanol–water partition coefficient (Wildman–Crippen LogP) is 4.73. The summed E-state index contributed by atoms with van der Waals surface area (Å²) in [5.74, 6) is 1.10. The molecule has 0 fully saturated rings. The smallest absolute Gasteiger partial charge is 0.224 e. The minimum Gasteiger partial charge on any atom is -0.486 e. The SMILES string of the molecule is CCCc1ccc(C(=O)CCC(=O)Nc2cc3c(cc2SC)OCCO3)cc1. The molecule has 1 heterocycles. The van der Waals surface area contributed by atoms with Crippen molar-refractivity contribution in [1.82, 2.24) is 0 Å². The molecule has 5 nitrogen and oxygen atoms in total. The van der Waals surface area contributed by atoms with Crippen molar-refractivity contribution < 1.29 is 19.1 Å². The number of nitrogens with one attached hydrogen (secondary N) is 1. The number of benzene rings is 2. The van der Waals surface area contributed by atoms with Crippen LogP contribution in [0.2, 0.25) is 0 Å². The van der Waals surface area contributed by atoms with Crippen molar-refractivity contribution in [2.24, 2.45) is 0 Å². The molecule has 148 valence electrons. The molecule has 0 saturated carbocycles. The largest absolute Gasteiger partial charge is 0.486 e. The third kappa shape index (κ3) is 5.07. The number of Topliss-reactive ketones (excluding diaryl/α,β-unsaturated/α-hetero) is 1. The number of hydrogen-bond acceptors (Lipinski definition) is 5. The van der Waals surface area contributed by atoms with Gasteiger partial charge in [-0.25, -0.2) is 0 Å². The molecule has 28 heavy (non-hydrogen) atoms. The van der Waals surface area contributed by atoms with Gasteiger partial charge in [0.2, 0.25) is 5.91 Å². The molecule has 0 aliphatic carbocycles. The molecule has 1 aliphatic heterocycles. The third-order valence-corrected chi connectivity index (χ3v) is 5.31. The molecule has 0 atom stereocenters. The van der Waals surface area contributed by atoms with Crippen LogP contribution in [-0.4, -0.2) is 31.2 Å². The topological polar surface area (TPSA) is 64.6 Å². The minimum absolute atomic E-state index is 0.0227. The molecule has 0 aromatic heterocycles. The average molecular weight is 400 g/mol. The highest BCUT2D eigenvalue weighted by Crippen LogP contribution is 2.39. The van der Waals surface area contributed by atoms with Crippen LogP contribution in [0.4, 0.5) is 5.69 Å². The van der Waals surface area contributed by atoms with Crippen LogP contribution in [0.15, 0.2) is 41.3 Å². The molecular weight excluding hydrogens is 374 g/mol. The zero-order valence-corrected chi connectivity index (χ0v) is 17.1. The van der Waals surface area contributed by atoms with Crippen molar-refractivity contribution in [3.8, 4) is 11.5 Å². The van der Waals surface area contributed by atoms with Crippen LogP contribution in [-0.2, 0) is 11.2 Å². The summed E-state index contributed by atoms with van der Waals surface area (Å²) in [5, 5.41) is 2.90. The summed E-state index contributed by atoms with van der Waals surface area (Å²) in [4.78, 5) is 25.6. The minimum atomic E-state index is -0.192. The van der Waals surface area contributed by atoms with E-state index in [9.17, 15) is 9.59 Å². The van der Waals surface area contributed by atoms with Gasteiger partial charge in [0.1, 0.15) is 13.2 Å². The lowest BCUT2D eigenvalue weighted by Gasteiger charge is -2.21. The number of anilines is 1. The Kier molecular flexibility index (Phi) is 6.98. The first-order chi connectivity index (χ1) is 13.6. The van der Waals surface area contributed by atoms with E-state index < -0.39 is 0 Å². The van der Waals surface area contributed by atoms with Gasteiger partial charge in [0, 0.05) is 29.4 Å². The van der Waals surface area contributed by atoms with Gasteiger partial charge >= 0.3 is 0 Å².